The topological polar surface area (TPSA) is 46.5 Å². The van der Waals surface area contributed by atoms with Crippen molar-refractivity contribution in [3.63, 3.8) is 0 Å². The van der Waals surface area contributed by atoms with Crippen LogP contribution in [0.4, 0.5) is 0 Å². The first-order valence-electron chi connectivity index (χ1n) is 7.93. The van der Waals surface area contributed by atoms with Crippen molar-refractivity contribution in [2.75, 3.05) is 6.61 Å². The first-order valence-corrected chi connectivity index (χ1v) is 7.93. The summed E-state index contributed by atoms with van der Waals surface area (Å²) in [6.07, 6.45) is 2.19. The van der Waals surface area contributed by atoms with Gasteiger partial charge in [-0.3, -0.25) is 4.79 Å². The van der Waals surface area contributed by atoms with E-state index in [1.54, 1.807) is 0 Å². The van der Waals surface area contributed by atoms with Crippen molar-refractivity contribution >= 4 is 5.97 Å². The summed E-state index contributed by atoms with van der Waals surface area (Å²) in [5.74, 6) is 0.272. The highest BCUT2D eigenvalue weighted by molar-refractivity contribution is 5.65. The van der Waals surface area contributed by atoms with Gasteiger partial charge in [-0.25, -0.2) is 0 Å². The lowest BCUT2D eigenvalue weighted by molar-refractivity contribution is -0.141. The molecule has 3 heteroatoms. The van der Waals surface area contributed by atoms with Crippen LogP contribution in [0.15, 0.2) is 42.5 Å². The van der Waals surface area contributed by atoms with Gasteiger partial charge in [-0.1, -0.05) is 49.4 Å². The third-order valence-corrected chi connectivity index (χ3v) is 4.04. The van der Waals surface area contributed by atoms with Crippen LogP contribution in [0.5, 0.6) is 0 Å². The van der Waals surface area contributed by atoms with Crippen molar-refractivity contribution in [1.82, 2.24) is 0 Å². The molecule has 0 aliphatic carbocycles. The number of carbonyl (C=O) groups excluding carboxylic acids is 1. The van der Waals surface area contributed by atoms with Gasteiger partial charge >= 0.3 is 5.97 Å². The molecule has 0 amide bonds. The summed E-state index contributed by atoms with van der Waals surface area (Å²) in [4.78, 5) is 10.8. The van der Waals surface area contributed by atoms with Gasteiger partial charge in [0.25, 0.3) is 0 Å². The summed E-state index contributed by atoms with van der Waals surface area (Å²) in [6.45, 7) is 10.1. The lowest BCUT2D eigenvalue weighted by Gasteiger charge is -2.25. The molecule has 122 valence electrons. The second kappa shape index (κ2) is 9.42. The number of aliphatic hydroxyl groups is 1. The van der Waals surface area contributed by atoms with Gasteiger partial charge in [0.15, 0.2) is 0 Å². The van der Waals surface area contributed by atoms with Crippen LogP contribution in [0.2, 0.25) is 0 Å². The third-order valence-electron chi connectivity index (χ3n) is 4.04. The molecule has 1 N–H and O–H groups in total. The number of esters is 1. The highest BCUT2D eigenvalue weighted by atomic mass is 16.5. The van der Waals surface area contributed by atoms with Gasteiger partial charge in [0.05, 0.1) is 12.7 Å². The maximum atomic E-state index is 10.8. The number of hydrogen-bond acceptors (Lipinski definition) is 3. The molecule has 0 heterocycles. The predicted octanol–water partition coefficient (Wildman–Crippen LogP) is 4.28. The number of carbonyl (C=O) groups is 1. The highest BCUT2D eigenvalue weighted by Gasteiger charge is 2.22. The maximum absolute atomic E-state index is 10.8. The van der Waals surface area contributed by atoms with Gasteiger partial charge in [-0.05, 0) is 37.7 Å². The van der Waals surface area contributed by atoms with E-state index in [-0.39, 0.29) is 11.9 Å². The Labute approximate surface area is 134 Å². The van der Waals surface area contributed by atoms with E-state index in [4.69, 9.17) is 4.74 Å². The molecule has 3 unspecified atom stereocenters. The Hall–Kier alpha value is -1.61. The van der Waals surface area contributed by atoms with E-state index in [9.17, 15) is 9.90 Å². The lowest BCUT2D eigenvalue weighted by Crippen LogP contribution is -2.15. The minimum absolute atomic E-state index is 0.0542. The second-order valence-corrected chi connectivity index (χ2v) is 6.12. The minimum atomic E-state index is -0.514. The molecule has 0 saturated heterocycles. The Morgan fingerprint density at radius 3 is 2.36 bits per heavy atom. The zero-order valence-electron chi connectivity index (χ0n) is 13.9. The van der Waals surface area contributed by atoms with E-state index in [0.717, 1.165) is 30.4 Å². The molecule has 22 heavy (non-hydrogen) atoms. The van der Waals surface area contributed by atoms with Crippen LogP contribution < -0.4 is 0 Å². The van der Waals surface area contributed by atoms with Crippen LogP contribution in [-0.2, 0) is 9.53 Å². The normalized spacial score (nSPS) is 14.9. The number of rotatable bonds is 9. The standard InChI is InChI=1S/C19H28O3/c1-14(2)18(19(21)17-8-6-5-7-9-17)11-10-15(3)12-13-22-16(4)20/h5-9,15,18-19,21H,1,10-13H2,2-4H3. The first kappa shape index (κ1) is 18.4. The Balaban J connectivity index is 2.51. The molecule has 0 fully saturated rings. The quantitative estimate of drug-likeness (QED) is 0.547. The SMILES string of the molecule is C=C(C)C(CCC(C)CCOC(C)=O)C(O)c1ccccc1. The van der Waals surface area contributed by atoms with Crippen LogP contribution in [0.3, 0.4) is 0 Å². The van der Waals surface area contributed by atoms with Crippen LogP contribution in [0.1, 0.15) is 51.7 Å². The summed E-state index contributed by atoms with van der Waals surface area (Å²) in [7, 11) is 0. The Bertz CT molecular complexity index is 467. The fourth-order valence-corrected chi connectivity index (χ4v) is 2.57. The van der Waals surface area contributed by atoms with Gasteiger partial charge in [0, 0.05) is 12.8 Å². The van der Waals surface area contributed by atoms with Crippen molar-refractivity contribution in [3.05, 3.63) is 48.0 Å². The monoisotopic (exact) mass is 304 g/mol. The molecule has 0 spiro atoms. The molecular formula is C19H28O3. The molecule has 3 atom stereocenters. The van der Waals surface area contributed by atoms with Crippen molar-refractivity contribution in [3.8, 4) is 0 Å². The number of aliphatic hydroxyl groups excluding tert-OH is 1. The zero-order chi connectivity index (χ0) is 16.5. The largest absolute Gasteiger partial charge is 0.466 e. The van der Waals surface area contributed by atoms with E-state index in [1.165, 1.54) is 6.92 Å². The molecule has 0 radical (unpaired) electrons. The minimum Gasteiger partial charge on any atom is -0.466 e. The van der Waals surface area contributed by atoms with Crippen molar-refractivity contribution in [2.24, 2.45) is 11.8 Å². The van der Waals surface area contributed by atoms with E-state index in [2.05, 4.69) is 13.5 Å². The van der Waals surface area contributed by atoms with E-state index in [1.807, 2.05) is 37.3 Å². The lowest BCUT2D eigenvalue weighted by atomic mass is 9.84. The average Bonchev–Trinajstić information content (AvgIpc) is 2.47. The van der Waals surface area contributed by atoms with Crippen LogP contribution in [0.25, 0.3) is 0 Å². The summed E-state index contributed by atoms with van der Waals surface area (Å²) in [6, 6.07) is 9.73. The average molecular weight is 304 g/mol. The summed E-state index contributed by atoms with van der Waals surface area (Å²) in [5, 5.41) is 10.6. The number of ether oxygens (including phenoxy) is 1. The van der Waals surface area contributed by atoms with Crippen LogP contribution in [-0.4, -0.2) is 17.7 Å². The number of benzene rings is 1. The van der Waals surface area contributed by atoms with Gasteiger partial charge in [0.2, 0.25) is 0 Å². The third kappa shape index (κ3) is 6.44. The Morgan fingerprint density at radius 1 is 1.18 bits per heavy atom. The molecule has 0 bridgehead atoms. The predicted molar refractivity (Wildman–Crippen MR) is 89.4 cm³/mol. The molecule has 0 aliphatic heterocycles. The fourth-order valence-electron chi connectivity index (χ4n) is 2.57. The number of hydrogen-bond donors (Lipinski definition) is 1. The summed E-state index contributed by atoms with van der Waals surface area (Å²) in [5.41, 5.74) is 1.94. The van der Waals surface area contributed by atoms with Crippen LogP contribution >= 0.6 is 0 Å². The zero-order valence-corrected chi connectivity index (χ0v) is 13.9. The van der Waals surface area contributed by atoms with E-state index < -0.39 is 6.10 Å². The van der Waals surface area contributed by atoms with Crippen molar-refractivity contribution < 1.29 is 14.6 Å². The van der Waals surface area contributed by atoms with E-state index >= 15 is 0 Å². The molecule has 1 aromatic rings. The molecule has 1 rings (SSSR count). The molecule has 0 saturated carbocycles. The van der Waals surface area contributed by atoms with Gasteiger partial charge in [-0.2, -0.15) is 0 Å². The summed E-state index contributed by atoms with van der Waals surface area (Å²) >= 11 is 0. The van der Waals surface area contributed by atoms with Gasteiger partial charge in [-0.15, -0.1) is 0 Å². The van der Waals surface area contributed by atoms with Crippen LogP contribution in [0, 0.1) is 11.8 Å². The van der Waals surface area contributed by atoms with Gasteiger partial charge in [0.1, 0.15) is 0 Å². The van der Waals surface area contributed by atoms with E-state index in [0.29, 0.717) is 12.5 Å². The Kier molecular flexibility index (Phi) is 7.89. The molecular weight excluding hydrogens is 276 g/mol. The highest BCUT2D eigenvalue weighted by Crippen LogP contribution is 2.32. The molecule has 1 aromatic carbocycles. The summed E-state index contributed by atoms with van der Waals surface area (Å²) < 4.78 is 4.98. The molecule has 3 nitrogen and oxygen atoms in total. The Morgan fingerprint density at radius 2 is 1.82 bits per heavy atom. The second-order valence-electron chi connectivity index (χ2n) is 6.12. The molecule has 0 aromatic heterocycles. The molecule has 0 aliphatic rings. The van der Waals surface area contributed by atoms with Gasteiger partial charge < -0.3 is 9.84 Å². The first-order chi connectivity index (χ1) is 10.4. The maximum Gasteiger partial charge on any atom is 0.302 e. The van der Waals surface area contributed by atoms with Crippen molar-refractivity contribution in [1.29, 1.82) is 0 Å². The fraction of sp³-hybridized carbons (Fsp3) is 0.526. The smallest absolute Gasteiger partial charge is 0.302 e. The van der Waals surface area contributed by atoms with Crippen molar-refractivity contribution in [2.45, 2.75) is 46.1 Å².